The molecule has 4 aliphatic carbocycles. The minimum absolute atomic E-state index is 0.162. The molecule has 4 saturated carbocycles. The number of hydrogen-bond donors (Lipinski definition) is 0. The summed E-state index contributed by atoms with van der Waals surface area (Å²) in [6, 6.07) is 0. The highest BCUT2D eigenvalue weighted by atomic mass is 35.5. The van der Waals surface area contributed by atoms with Gasteiger partial charge in [0.15, 0.2) is 0 Å². The number of carbonyl (C=O) groups is 1. The third-order valence-corrected chi connectivity index (χ3v) is 5.84. The van der Waals surface area contributed by atoms with E-state index in [0.717, 1.165) is 11.8 Å². The summed E-state index contributed by atoms with van der Waals surface area (Å²) in [5, 5.41) is 0. The molecule has 0 spiro atoms. The molecule has 0 aromatic rings. The Morgan fingerprint density at radius 2 is 1.72 bits per heavy atom. The fourth-order valence-corrected chi connectivity index (χ4v) is 4.72. The number of hydrogen-bond acceptors (Lipinski definition) is 2. The van der Waals surface area contributed by atoms with Crippen molar-refractivity contribution >= 4 is 17.6 Å². The molecule has 18 heavy (non-hydrogen) atoms. The minimum atomic E-state index is -0.292. The predicted octanol–water partition coefficient (Wildman–Crippen LogP) is 3.54. The number of carbonyl (C=O) groups excluding carboxylic acids is 1. The van der Waals surface area contributed by atoms with Crippen LogP contribution >= 0.6 is 11.6 Å². The zero-order valence-corrected chi connectivity index (χ0v) is 11.7. The second-order valence-corrected chi connectivity index (χ2v) is 6.88. The maximum absolute atomic E-state index is 12.0. The summed E-state index contributed by atoms with van der Waals surface area (Å²) in [4.78, 5) is 12.0. The van der Waals surface area contributed by atoms with Gasteiger partial charge in [0.1, 0.15) is 5.60 Å². The summed E-state index contributed by atoms with van der Waals surface area (Å²) < 4.78 is 5.84. The highest BCUT2D eigenvalue weighted by Crippen LogP contribution is 2.59. The Morgan fingerprint density at radius 3 is 2.17 bits per heavy atom. The van der Waals surface area contributed by atoms with Crippen LogP contribution in [0.2, 0.25) is 0 Å². The van der Waals surface area contributed by atoms with Gasteiger partial charge < -0.3 is 4.74 Å². The monoisotopic (exact) mass is 268 g/mol. The summed E-state index contributed by atoms with van der Waals surface area (Å²) in [5.41, 5.74) is 0.117. The van der Waals surface area contributed by atoms with Gasteiger partial charge in [-0.3, -0.25) is 0 Å². The largest absolute Gasteiger partial charge is 0.455 e. The predicted molar refractivity (Wildman–Crippen MR) is 71.4 cm³/mol. The van der Waals surface area contributed by atoms with E-state index in [1.54, 1.807) is 0 Å². The summed E-state index contributed by atoms with van der Waals surface area (Å²) in [6.45, 7) is 5.82. The third kappa shape index (κ3) is 1.80. The Labute approximate surface area is 114 Å². The number of esters is 1. The molecule has 0 aromatic carbocycles. The molecule has 0 atom stereocenters. The van der Waals surface area contributed by atoms with Crippen LogP contribution in [-0.4, -0.2) is 17.5 Å². The highest BCUT2D eigenvalue weighted by molar-refractivity contribution is 6.22. The molecular formula is C15H21ClO2. The maximum atomic E-state index is 12.0. The second-order valence-electron chi connectivity index (χ2n) is 6.61. The van der Waals surface area contributed by atoms with E-state index in [9.17, 15) is 4.79 Å². The first-order chi connectivity index (χ1) is 8.53. The average Bonchev–Trinajstić information content (AvgIpc) is 2.34. The van der Waals surface area contributed by atoms with Crippen LogP contribution in [0.3, 0.4) is 0 Å². The van der Waals surface area contributed by atoms with Crippen LogP contribution in [-0.2, 0) is 9.53 Å². The maximum Gasteiger partial charge on any atom is 0.335 e. The van der Waals surface area contributed by atoms with Crippen LogP contribution in [0, 0.1) is 23.7 Å². The van der Waals surface area contributed by atoms with Gasteiger partial charge in [-0.25, -0.2) is 4.79 Å². The Morgan fingerprint density at radius 1 is 1.22 bits per heavy atom. The van der Waals surface area contributed by atoms with Crippen molar-refractivity contribution in [2.45, 2.75) is 44.6 Å². The van der Waals surface area contributed by atoms with Gasteiger partial charge in [-0.15, -0.1) is 11.6 Å². The number of halogens is 1. The lowest BCUT2D eigenvalue weighted by Gasteiger charge is -2.59. The van der Waals surface area contributed by atoms with E-state index in [1.165, 1.54) is 32.1 Å². The van der Waals surface area contributed by atoms with Crippen LogP contribution in [0.25, 0.3) is 0 Å². The fraction of sp³-hybridized carbons (Fsp3) is 0.800. The number of rotatable bonds is 3. The van der Waals surface area contributed by atoms with E-state index < -0.39 is 0 Å². The highest BCUT2D eigenvalue weighted by Gasteiger charge is 2.57. The van der Waals surface area contributed by atoms with Gasteiger partial charge in [0.2, 0.25) is 0 Å². The van der Waals surface area contributed by atoms with Gasteiger partial charge in [0.05, 0.1) is 5.88 Å². The van der Waals surface area contributed by atoms with E-state index in [1.807, 2.05) is 0 Å². The fourth-order valence-electron chi connectivity index (χ4n) is 4.61. The van der Waals surface area contributed by atoms with E-state index in [0.29, 0.717) is 17.4 Å². The first-order valence-electron chi connectivity index (χ1n) is 7.00. The van der Waals surface area contributed by atoms with Gasteiger partial charge in [0.25, 0.3) is 0 Å². The smallest absolute Gasteiger partial charge is 0.335 e. The molecule has 0 unspecified atom stereocenters. The number of alkyl halides is 1. The molecular weight excluding hydrogens is 248 g/mol. The standard InChI is InChI=1S/C15H21ClO2/c1-9(8-16)14(17)18-15(2)12-4-10-3-11(6-12)7-13(15)5-10/h10-13H,1,3-8H2,2H3. The zero-order chi connectivity index (χ0) is 12.9. The van der Waals surface area contributed by atoms with Crippen molar-refractivity contribution in [3.63, 3.8) is 0 Å². The lowest BCUT2D eigenvalue weighted by molar-refractivity contribution is -0.199. The molecule has 0 saturated heterocycles. The van der Waals surface area contributed by atoms with Crippen LogP contribution < -0.4 is 0 Å². The van der Waals surface area contributed by atoms with E-state index >= 15 is 0 Å². The van der Waals surface area contributed by atoms with Crippen molar-refractivity contribution in [2.75, 3.05) is 5.88 Å². The summed E-state index contributed by atoms with van der Waals surface area (Å²) in [5.74, 6) is 2.75. The topological polar surface area (TPSA) is 26.3 Å². The third-order valence-electron chi connectivity index (χ3n) is 5.52. The van der Waals surface area contributed by atoms with Crippen molar-refractivity contribution in [3.8, 4) is 0 Å². The van der Waals surface area contributed by atoms with Crippen molar-refractivity contribution in [3.05, 3.63) is 12.2 Å². The minimum Gasteiger partial charge on any atom is -0.455 e. The molecule has 4 fully saturated rings. The SMILES string of the molecule is C=C(CCl)C(=O)OC1(C)C2CC3CC(C2)CC1C3. The molecule has 0 N–H and O–H groups in total. The molecule has 4 bridgehead atoms. The van der Waals surface area contributed by atoms with Gasteiger partial charge in [-0.1, -0.05) is 6.58 Å². The van der Waals surface area contributed by atoms with Crippen molar-refractivity contribution in [2.24, 2.45) is 23.7 Å². The molecule has 0 amide bonds. The van der Waals surface area contributed by atoms with Crippen molar-refractivity contribution in [1.82, 2.24) is 0 Å². The van der Waals surface area contributed by atoms with Gasteiger partial charge in [-0.2, -0.15) is 0 Å². The van der Waals surface area contributed by atoms with Gasteiger partial charge in [0, 0.05) is 5.57 Å². The van der Waals surface area contributed by atoms with Crippen LogP contribution in [0.15, 0.2) is 12.2 Å². The van der Waals surface area contributed by atoms with E-state index in [2.05, 4.69) is 13.5 Å². The molecule has 0 heterocycles. The lowest BCUT2D eigenvalue weighted by atomic mass is 9.50. The van der Waals surface area contributed by atoms with Crippen LogP contribution in [0.1, 0.15) is 39.0 Å². The molecule has 3 heteroatoms. The van der Waals surface area contributed by atoms with Crippen LogP contribution in [0.4, 0.5) is 0 Å². The molecule has 4 aliphatic rings. The Balaban J connectivity index is 1.78. The quantitative estimate of drug-likeness (QED) is 0.445. The molecule has 2 nitrogen and oxygen atoms in total. The average molecular weight is 269 g/mol. The summed E-state index contributed by atoms with van der Waals surface area (Å²) in [7, 11) is 0. The second kappa shape index (κ2) is 4.26. The Bertz CT molecular complexity index is 360. The first-order valence-corrected chi connectivity index (χ1v) is 7.53. The molecule has 4 rings (SSSR count). The number of ether oxygens (including phenoxy) is 1. The van der Waals surface area contributed by atoms with Gasteiger partial charge >= 0.3 is 5.97 Å². The molecule has 0 aromatic heterocycles. The molecule has 0 radical (unpaired) electrons. The summed E-state index contributed by atoms with van der Waals surface area (Å²) in [6.07, 6.45) is 6.37. The van der Waals surface area contributed by atoms with Crippen molar-refractivity contribution < 1.29 is 9.53 Å². The first kappa shape index (κ1) is 12.5. The molecule has 100 valence electrons. The zero-order valence-electron chi connectivity index (χ0n) is 11.0. The lowest BCUT2D eigenvalue weighted by Crippen LogP contribution is -2.58. The van der Waals surface area contributed by atoms with Crippen molar-refractivity contribution in [1.29, 1.82) is 0 Å². The Kier molecular flexibility index (Phi) is 2.97. The van der Waals surface area contributed by atoms with E-state index in [4.69, 9.17) is 16.3 Å². The normalized spacial score (nSPS) is 45.0. The van der Waals surface area contributed by atoms with E-state index in [-0.39, 0.29) is 17.5 Å². The van der Waals surface area contributed by atoms with Gasteiger partial charge in [-0.05, 0) is 62.7 Å². The Hall–Kier alpha value is -0.500. The summed E-state index contributed by atoms with van der Waals surface area (Å²) >= 11 is 5.66. The molecule has 0 aliphatic heterocycles. The van der Waals surface area contributed by atoms with Crippen LogP contribution in [0.5, 0.6) is 0 Å².